The monoisotopic (exact) mass is 343 g/mol. The van der Waals surface area contributed by atoms with E-state index in [1.54, 1.807) is 36.0 Å². The van der Waals surface area contributed by atoms with Gasteiger partial charge in [0.2, 0.25) is 0 Å². The number of carbonyl (C=O) groups excluding carboxylic acids is 2. The average molecular weight is 343 g/mol. The van der Waals surface area contributed by atoms with Gasteiger partial charge in [0.25, 0.3) is 5.91 Å². The van der Waals surface area contributed by atoms with Gasteiger partial charge >= 0.3 is 0 Å². The summed E-state index contributed by atoms with van der Waals surface area (Å²) < 4.78 is 14.7. The lowest BCUT2D eigenvalue weighted by atomic mass is 10.0. The Morgan fingerprint density at radius 1 is 1.16 bits per heavy atom. The Morgan fingerprint density at radius 3 is 2.36 bits per heavy atom. The molecular weight excluding hydrogens is 321 g/mol. The van der Waals surface area contributed by atoms with Crippen molar-refractivity contribution in [3.05, 3.63) is 53.6 Å². The van der Waals surface area contributed by atoms with Gasteiger partial charge in [0.05, 0.1) is 0 Å². The zero-order valence-corrected chi connectivity index (χ0v) is 14.5. The number of ketones is 1. The summed E-state index contributed by atoms with van der Waals surface area (Å²) in [4.78, 5) is 26.0. The Morgan fingerprint density at radius 2 is 1.80 bits per heavy atom. The molecular formula is C19H22FN3O2. The first-order valence-corrected chi connectivity index (χ1v) is 8.42. The number of hydrogen-bond donors (Lipinski definition) is 1. The van der Waals surface area contributed by atoms with Crippen LogP contribution in [0.25, 0.3) is 0 Å². The van der Waals surface area contributed by atoms with Gasteiger partial charge in [-0.05, 0) is 50.1 Å². The van der Waals surface area contributed by atoms with Gasteiger partial charge < -0.3 is 14.8 Å². The summed E-state index contributed by atoms with van der Waals surface area (Å²) in [7, 11) is 1.78. The van der Waals surface area contributed by atoms with Crippen molar-refractivity contribution in [3.8, 4) is 0 Å². The van der Waals surface area contributed by atoms with Crippen molar-refractivity contribution in [3.63, 3.8) is 0 Å². The zero-order valence-electron chi connectivity index (χ0n) is 14.5. The number of carbonyl (C=O) groups is 2. The Kier molecular flexibility index (Phi) is 4.88. The fourth-order valence-corrected chi connectivity index (χ4v) is 3.14. The predicted molar refractivity (Wildman–Crippen MR) is 94.4 cm³/mol. The summed E-state index contributed by atoms with van der Waals surface area (Å²) >= 11 is 0. The number of hydrogen-bond acceptors (Lipinski definition) is 3. The minimum atomic E-state index is -0.251. The van der Waals surface area contributed by atoms with E-state index in [0.29, 0.717) is 24.3 Å². The second kappa shape index (κ2) is 7.09. The molecule has 0 bridgehead atoms. The van der Waals surface area contributed by atoms with E-state index in [1.807, 2.05) is 4.90 Å². The van der Waals surface area contributed by atoms with Gasteiger partial charge in [0, 0.05) is 43.6 Å². The largest absolute Gasteiger partial charge is 0.382 e. The standard InChI is InChI=1S/C19H22FN3O2/c1-13(24)14-11-18(22(2)12-14)19(25)23-9-7-17(8-10-23)21-16-5-3-15(20)4-6-16/h3-6,11-12,17,21H,7-10H2,1-2H3. The van der Waals surface area contributed by atoms with Crippen molar-refractivity contribution in [2.45, 2.75) is 25.8 Å². The summed E-state index contributed by atoms with van der Waals surface area (Å²) in [5.41, 5.74) is 1.98. The van der Waals surface area contributed by atoms with Gasteiger partial charge in [-0.2, -0.15) is 0 Å². The fourth-order valence-electron chi connectivity index (χ4n) is 3.14. The van der Waals surface area contributed by atoms with Crippen molar-refractivity contribution in [2.24, 2.45) is 7.05 Å². The van der Waals surface area contributed by atoms with Crippen LogP contribution < -0.4 is 5.32 Å². The molecule has 2 heterocycles. The van der Waals surface area contributed by atoms with Gasteiger partial charge in [0.1, 0.15) is 11.5 Å². The molecule has 1 aliphatic rings. The summed E-state index contributed by atoms with van der Waals surface area (Å²) in [6.45, 7) is 2.80. The first kappa shape index (κ1) is 17.2. The molecule has 0 atom stereocenters. The van der Waals surface area contributed by atoms with Crippen molar-refractivity contribution in [1.29, 1.82) is 0 Å². The third kappa shape index (κ3) is 3.90. The summed E-state index contributed by atoms with van der Waals surface area (Å²) in [5.74, 6) is -0.342. The molecule has 1 amide bonds. The van der Waals surface area contributed by atoms with E-state index in [1.165, 1.54) is 19.1 Å². The number of benzene rings is 1. The smallest absolute Gasteiger partial charge is 0.270 e. The van der Waals surface area contributed by atoms with E-state index in [9.17, 15) is 14.0 Å². The number of halogens is 1. The second-order valence-electron chi connectivity index (χ2n) is 6.50. The predicted octanol–water partition coefficient (Wildman–Crippen LogP) is 3.08. The third-order valence-corrected chi connectivity index (χ3v) is 4.63. The van der Waals surface area contributed by atoms with E-state index < -0.39 is 0 Å². The molecule has 3 rings (SSSR count). The maximum Gasteiger partial charge on any atom is 0.270 e. The molecule has 0 aliphatic carbocycles. The molecule has 0 spiro atoms. The summed E-state index contributed by atoms with van der Waals surface area (Å²) in [5, 5.41) is 3.38. The number of rotatable bonds is 4. The first-order valence-electron chi connectivity index (χ1n) is 8.42. The molecule has 0 radical (unpaired) electrons. The number of piperidine rings is 1. The Labute approximate surface area is 146 Å². The molecule has 1 aromatic heterocycles. The molecule has 1 saturated heterocycles. The highest BCUT2D eigenvalue weighted by Gasteiger charge is 2.25. The molecule has 1 aliphatic heterocycles. The molecule has 1 aromatic carbocycles. The van der Waals surface area contributed by atoms with Crippen LogP contribution in [0.2, 0.25) is 0 Å². The fraction of sp³-hybridized carbons (Fsp3) is 0.368. The number of amides is 1. The number of likely N-dealkylation sites (tertiary alicyclic amines) is 1. The van der Waals surface area contributed by atoms with Crippen molar-refractivity contribution < 1.29 is 14.0 Å². The van der Waals surface area contributed by atoms with Crippen LogP contribution in [0.4, 0.5) is 10.1 Å². The second-order valence-corrected chi connectivity index (χ2v) is 6.50. The summed E-state index contributed by atoms with van der Waals surface area (Å²) in [6.07, 6.45) is 3.35. The molecule has 132 valence electrons. The lowest BCUT2D eigenvalue weighted by Crippen LogP contribution is -2.42. The topological polar surface area (TPSA) is 54.3 Å². The molecule has 25 heavy (non-hydrogen) atoms. The Balaban J connectivity index is 1.59. The maximum absolute atomic E-state index is 13.0. The van der Waals surface area contributed by atoms with Crippen molar-refractivity contribution in [2.75, 3.05) is 18.4 Å². The van der Waals surface area contributed by atoms with E-state index in [4.69, 9.17) is 0 Å². The number of aryl methyl sites for hydroxylation is 1. The maximum atomic E-state index is 13.0. The van der Waals surface area contributed by atoms with Gasteiger partial charge in [-0.15, -0.1) is 0 Å². The number of nitrogens with one attached hydrogen (secondary N) is 1. The van der Waals surface area contributed by atoms with E-state index in [-0.39, 0.29) is 23.5 Å². The number of aromatic nitrogens is 1. The van der Waals surface area contributed by atoms with Crippen LogP contribution in [0.1, 0.15) is 40.6 Å². The van der Waals surface area contributed by atoms with Crippen LogP contribution >= 0.6 is 0 Å². The Bertz CT molecular complexity index is 774. The van der Waals surface area contributed by atoms with Crippen molar-refractivity contribution in [1.82, 2.24) is 9.47 Å². The van der Waals surface area contributed by atoms with E-state index in [2.05, 4.69) is 5.32 Å². The van der Waals surface area contributed by atoms with Gasteiger partial charge in [-0.1, -0.05) is 0 Å². The van der Waals surface area contributed by atoms with Crippen LogP contribution in [0.5, 0.6) is 0 Å². The SMILES string of the molecule is CC(=O)c1cc(C(=O)N2CCC(Nc3ccc(F)cc3)CC2)n(C)c1. The number of anilines is 1. The molecule has 0 saturated carbocycles. The molecule has 1 fully saturated rings. The molecule has 1 N–H and O–H groups in total. The highest BCUT2D eigenvalue weighted by molar-refractivity contribution is 5.99. The highest BCUT2D eigenvalue weighted by atomic mass is 19.1. The highest BCUT2D eigenvalue weighted by Crippen LogP contribution is 2.19. The Hall–Kier alpha value is -2.63. The first-order chi connectivity index (χ1) is 11.9. The quantitative estimate of drug-likeness (QED) is 0.868. The summed E-state index contributed by atoms with van der Waals surface area (Å²) in [6, 6.07) is 8.23. The third-order valence-electron chi connectivity index (χ3n) is 4.63. The van der Waals surface area contributed by atoms with Crippen LogP contribution in [0.15, 0.2) is 36.5 Å². The van der Waals surface area contributed by atoms with E-state index >= 15 is 0 Å². The molecule has 5 nitrogen and oxygen atoms in total. The minimum Gasteiger partial charge on any atom is -0.382 e. The zero-order chi connectivity index (χ0) is 18.0. The molecule has 0 unspecified atom stereocenters. The van der Waals surface area contributed by atoms with Gasteiger partial charge in [0.15, 0.2) is 5.78 Å². The van der Waals surface area contributed by atoms with Crippen LogP contribution in [-0.4, -0.2) is 40.3 Å². The average Bonchev–Trinajstić information content (AvgIpc) is 2.99. The minimum absolute atomic E-state index is 0.0446. The van der Waals surface area contributed by atoms with Gasteiger partial charge in [-0.3, -0.25) is 9.59 Å². The van der Waals surface area contributed by atoms with Gasteiger partial charge in [-0.25, -0.2) is 4.39 Å². The lowest BCUT2D eigenvalue weighted by Gasteiger charge is -2.33. The van der Waals surface area contributed by atoms with E-state index in [0.717, 1.165) is 18.5 Å². The normalized spacial score (nSPS) is 15.2. The van der Waals surface area contributed by atoms with Crippen LogP contribution in [0.3, 0.4) is 0 Å². The van der Waals surface area contributed by atoms with Crippen LogP contribution in [0, 0.1) is 5.82 Å². The number of nitrogens with zero attached hydrogens (tertiary/aromatic N) is 2. The number of Topliss-reactive ketones (excluding diaryl/α,β-unsaturated/α-hetero) is 1. The van der Waals surface area contributed by atoms with Crippen molar-refractivity contribution >= 4 is 17.4 Å². The van der Waals surface area contributed by atoms with Crippen LogP contribution in [-0.2, 0) is 7.05 Å². The molecule has 6 heteroatoms. The molecule has 2 aromatic rings. The lowest BCUT2D eigenvalue weighted by molar-refractivity contribution is 0.0709.